The Morgan fingerprint density at radius 3 is 2.50 bits per heavy atom. The van der Waals surface area contributed by atoms with Gasteiger partial charge in [0, 0.05) is 7.11 Å². The summed E-state index contributed by atoms with van der Waals surface area (Å²) in [5.74, 6) is 0. The average Bonchev–Trinajstić information content (AvgIpc) is 2.36. The van der Waals surface area contributed by atoms with E-state index >= 15 is 0 Å². The van der Waals surface area contributed by atoms with Gasteiger partial charge < -0.3 is 9.84 Å². The third-order valence-corrected chi connectivity index (χ3v) is 4.68. The third kappa shape index (κ3) is 4.28. The summed E-state index contributed by atoms with van der Waals surface area (Å²) in [4.78, 5) is 0.218. The highest BCUT2D eigenvalue weighted by molar-refractivity contribution is 7.89. The molecule has 0 bridgehead atoms. The minimum absolute atomic E-state index is 0.187. The summed E-state index contributed by atoms with van der Waals surface area (Å²) < 4.78 is 32.7. The van der Waals surface area contributed by atoms with Gasteiger partial charge >= 0.3 is 0 Å². The molecule has 0 radical (unpaired) electrons. The van der Waals surface area contributed by atoms with Crippen LogP contribution >= 0.6 is 0 Å². The number of benzene rings is 1. The van der Waals surface area contributed by atoms with Gasteiger partial charge in [-0.2, -0.15) is 0 Å². The van der Waals surface area contributed by atoms with Gasteiger partial charge in [0.05, 0.1) is 23.6 Å². The van der Waals surface area contributed by atoms with Gasteiger partial charge in [-0.25, -0.2) is 13.1 Å². The lowest BCUT2D eigenvalue weighted by atomic mass is 10.1. The van der Waals surface area contributed by atoms with Crippen molar-refractivity contribution in [2.24, 2.45) is 0 Å². The predicted molar refractivity (Wildman–Crippen MR) is 78.0 cm³/mol. The zero-order valence-corrected chi connectivity index (χ0v) is 13.3. The minimum atomic E-state index is -3.66. The number of hydrogen-bond donors (Lipinski definition) is 2. The van der Waals surface area contributed by atoms with Crippen molar-refractivity contribution in [1.82, 2.24) is 4.72 Å². The Morgan fingerprint density at radius 1 is 1.35 bits per heavy atom. The van der Waals surface area contributed by atoms with E-state index in [-0.39, 0.29) is 18.1 Å². The van der Waals surface area contributed by atoms with Crippen LogP contribution in [-0.4, -0.2) is 32.8 Å². The lowest BCUT2D eigenvalue weighted by Crippen LogP contribution is -2.46. The summed E-state index contributed by atoms with van der Waals surface area (Å²) in [7, 11) is -2.13. The number of rotatable bonds is 7. The van der Waals surface area contributed by atoms with Crippen molar-refractivity contribution in [3.63, 3.8) is 0 Å². The first-order valence-corrected chi connectivity index (χ1v) is 7.99. The van der Waals surface area contributed by atoms with Crippen LogP contribution in [0.15, 0.2) is 23.1 Å². The number of aliphatic hydroxyl groups is 1. The minimum Gasteiger partial charge on any atom is -0.392 e. The molecule has 20 heavy (non-hydrogen) atoms. The smallest absolute Gasteiger partial charge is 0.241 e. The van der Waals surface area contributed by atoms with Crippen LogP contribution in [0.4, 0.5) is 0 Å². The van der Waals surface area contributed by atoms with E-state index in [9.17, 15) is 13.5 Å². The van der Waals surface area contributed by atoms with Crippen molar-refractivity contribution >= 4 is 10.0 Å². The quantitative estimate of drug-likeness (QED) is 0.799. The Kier molecular flexibility index (Phi) is 5.70. The summed E-state index contributed by atoms with van der Waals surface area (Å²) >= 11 is 0. The Balaban J connectivity index is 3.20. The molecule has 0 aliphatic heterocycles. The molecule has 0 heterocycles. The maximum absolute atomic E-state index is 12.5. The Labute approximate surface area is 121 Å². The molecule has 0 saturated carbocycles. The molecule has 0 spiro atoms. The number of aliphatic hydroxyl groups excluding tert-OH is 1. The van der Waals surface area contributed by atoms with Gasteiger partial charge in [-0.15, -0.1) is 0 Å². The number of nitrogens with one attached hydrogen (secondary N) is 1. The molecule has 0 fully saturated rings. The van der Waals surface area contributed by atoms with Crippen LogP contribution in [0.5, 0.6) is 0 Å². The number of ether oxygens (including phenoxy) is 1. The fourth-order valence-electron chi connectivity index (χ4n) is 2.05. The Hall–Kier alpha value is -0.950. The molecule has 114 valence electrons. The monoisotopic (exact) mass is 301 g/mol. The van der Waals surface area contributed by atoms with Gasteiger partial charge in [-0.1, -0.05) is 19.1 Å². The molecule has 1 rings (SSSR count). The van der Waals surface area contributed by atoms with E-state index in [0.717, 1.165) is 5.56 Å². The fraction of sp³-hybridized carbons (Fsp3) is 0.571. The summed E-state index contributed by atoms with van der Waals surface area (Å²) in [6.45, 7) is 5.50. The molecule has 0 aliphatic carbocycles. The van der Waals surface area contributed by atoms with Crippen molar-refractivity contribution in [2.75, 3.05) is 13.7 Å². The van der Waals surface area contributed by atoms with Crippen LogP contribution in [0.2, 0.25) is 0 Å². The lowest BCUT2D eigenvalue weighted by molar-refractivity contribution is 0.141. The van der Waals surface area contributed by atoms with Gasteiger partial charge in [0.25, 0.3) is 0 Å². The van der Waals surface area contributed by atoms with Crippen LogP contribution < -0.4 is 4.72 Å². The summed E-state index contributed by atoms with van der Waals surface area (Å²) in [5.41, 5.74) is 0.600. The van der Waals surface area contributed by atoms with Gasteiger partial charge in [0.2, 0.25) is 10.0 Å². The van der Waals surface area contributed by atoms with E-state index in [0.29, 0.717) is 12.0 Å². The van der Waals surface area contributed by atoms with E-state index in [1.165, 1.54) is 13.2 Å². The predicted octanol–water partition coefficient (Wildman–Crippen LogP) is 1.44. The van der Waals surface area contributed by atoms with Crippen LogP contribution in [0.1, 0.15) is 31.9 Å². The zero-order chi connectivity index (χ0) is 15.4. The number of sulfonamides is 1. The van der Waals surface area contributed by atoms with Gasteiger partial charge in [0.1, 0.15) is 0 Å². The van der Waals surface area contributed by atoms with E-state index < -0.39 is 15.6 Å². The second-order valence-electron chi connectivity index (χ2n) is 5.38. The molecule has 0 atom stereocenters. The molecule has 2 N–H and O–H groups in total. The zero-order valence-electron chi connectivity index (χ0n) is 12.4. The van der Waals surface area contributed by atoms with Crippen molar-refractivity contribution in [3.05, 3.63) is 29.3 Å². The summed E-state index contributed by atoms with van der Waals surface area (Å²) in [6, 6.07) is 4.99. The molecule has 0 aliphatic rings. The van der Waals surface area contributed by atoms with Crippen LogP contribution in [0, 0.1) is 0 Å². The number of methoxy groups -OCH3 is 1. The number of hydrogen-bond acceptors (Lipinski definition) is 4. The highest BCUT2D eigenvalue weighted by Gasteiger charge is 2.27. The maximum Gasteiger partial charge on any atom is 0.241 e. The summed E-state index contributed by atoms with van der Waals surface area (Å²) in [5, 5.41) is 9.17. The van der Waals surface area contributed by atoms with Crippen LogP contribution in [0.3, 0.4) is 0 Å². The van der Waals surface area contributed by atoms with Crippen molar-refractivity contribution in [3.8, 4) is 0 Å². The molecular weight excluding hydrogens is 278 g/mol. The van der Waals surface area contributed by atoms with E-state index in [4.69, 9.17) is 4.74 Å². The first-order valence-electron chi connectivity index (χ1n) is 6.51. The van der Waals surface area contributed by atoms with Gasteiger partial charge in [-0.3, -0.25) is 0 Å². The van der Waals surface area contributed by atoms with Crippen molar-refractivity contribution in [1.29, 1.82) is 0 Å². The topological polar surface area (TPSA) is 75.6 Å². The molecule has 0 saturated heterocycles. The van der Waals surface area contributed by atoms with Crippen molar-refractivity contribution in [2.45, 2.75) is 44.2 Å². The van der Waals surface area contributed by atoms with Crippen LogP contribution in [-0.2, 0) is 27.8 Å². The van der Waals surface area contributed by atoms with E-state index in [1.54, 1.807) is 26.0 Å². The van der Waals surface area contributed by atoms with Gasteiger partial charge in [0.15, 0.2) is 0 Å². The van der Waals surface area contributed by atoms with Gasteiger partial charge in [-0.05, 0) is 37.5 Å². The second kappa shape index (κ2) is 6.67. The molecular formula is C14H23NO4S. The number of aryl methyl sites for hydroxylation is 1. The molecule has 0 aromatic heterocycles. The molecule has 1 aromatic rings. The normalized spacial score (nSPS) is 12.7. The Morgan fingerprint density at radius 2 is 2.00 bits per heavy atom. The van der Waals surface area contributed by atoms with E-state index in [1.807, 2.05) is 6.92 Å². The maximum atomic E-state index is 12.5. The molecule has 6 heteroatoms. The largest absolute Gasteiger partial charge is 0.392 e. The van der Waals surface area contributed by atoms with Crippen LogP contribution in [0.25, 0.3) is 0 Å². The molecule has 5 nitrogen and oxygen atoms in total. The summed E-state index contributed by atoms with van der Waals surface area (Å²) in [6.07, 6.45) is 0.604. The highest BCUT2D eigenvalue weighted by atomic mass is 32.2. The third-order valence-electron chi connectivity index (χ3n) is 2.90. The molecule has 0 unspecified atom stereocenters. The first kappa shape index (κ1) is 17.1. The highest BCUT2D eigenvalue weighted by Crippen LogP contribution is 2.20. The average molecular weight is 301 g/mol. The Bertz CT molecular complexity index is 552. The molecule has 0 amide bonds. The first-order chi connectivity index (χ1) is 9.25. The second-order valence-corrected chi connectivity index (χ2v) is 7.03. The van der Waals surface area contributed by atoms with E-state index in [2.05, 4.69) is 4.72 Å². The lowest BCUT2D eigenvalue weighted by Gasteiger charge is -2.25. The fourth-order valence-corrected chi connectivity index (χ4v) is 3.81. The van der Waals surface area contributed by atoms with Crippen molar-refractivity contribution < 1.29 is 18.3 Å². The standard InChI is InChI=1S/C14H23NO4S/c1-5-12-7-6-11(9-16)8-13(12)20(17,18)15-14(2,3)10-19-4/h6-8,15-16H,5,9-10H2,1-4H3. The SMILES string of the molecule is CCc1ccc(CO)cc1S(=O)(=O)NC(C)(C)COC. The molecule has 1 aromatic carbocycles.